The van der Waals surface area contributed by atoms with Crippen molar-refractivity contribution in [2.45, 2.75) is 48.0 Å². The van der Waals surface area contributed by atoms with E-state index >= 15 is 0 Å². The summed E-state index contributed by atoms with van der Waals surface area (Å²) in [5.74, 6) is 0. The quantitative estimate of drug-likeness (QED) is 0.683. The van der Waals surface area contributed by atoms with E-state index in [1.807, 2.05) is 34.6 Å². The number of para-hydroxylation sites is 1. The van der Waals surface area contributed by atoms with Gasteiger partial charge in [0, 0.05) is 11.4 Å². The van der Waals surface area contributed by atoms with Crippen molar-refractivity contribution in [2.75, 3.05) is 5.32 Å². The van der Waals surface area contributed by atoms with Gasteiger partial charge in [-0.15, -0.1) is 0 Å². The van der Waals surface area contributed by atoms with E-state index in [1.165, 1.54) is 22.5 Å². The summed E-state index contributed by atoms with van der Waals surface area (Å²) in [6, 6.07) is 8.47. The van der Waals surface area contributed by atoms with Gasteiger partial charge in [-0.3, -0.25) is 0 Å². The Bertz CT molecular complexity index is 400. The average Bonchev–Trinajstić information content (AvgIpc) is 2.44. The third-order valence-corrected chi connectivity index (χ3v) is 2.54. The third kappa shape index (κ3) is 4.40. The predicted octanol–water partition coefficient (Wildman–Crippen LogP) is 5.56. The highest BCUT2D eigenvalue weighted by molar-refractivity contribution is 5.61. The molecule has 0 radical (unpaired) electrons. The van der Waals surface area contributed by atoms with Gasteiger partial charge in [0.25, 0.3) is 0 Å². The number of anilines is 1. The number of benzene rings is 1. The monoisotopic (exact) mass is 245 g/mol. The fraction of sp³-hybridized carbons (Fsp3) is 0.412. The molecular formula is C17H27N. The Kier molecular flexibility index (Phi) is 8.73. The van der Waals surface area contributed by atoms with Gasteiger partial charge in [-0.05, 0) is 43.5 Å². The Labute approximate surface area is 113 Å². The van der Waals surface area contributed by atoms with Crippen LogP contribution in [0.15, 0.2) is 47.7 Å². The van der Waals surface area contributed by atoms with E-state index in [0.29, 0.717) is 0 Å². The first-order chi connectivity index (χ1) is 8.81. The van der Waals surface area contributed by atoms with E-state index < -0.39 is 0 Å². The molecule has 0 aliphatic carbocycles. The maximum Gasteiger partial charge on any atom is 0.0420 e. The van der Waals surface area contributed by atoms with Crippen LogP contribution in [0.3, 0.4) is 0 Å². The zero-order chi connectivity index (χ0) is 14.0. The molecular weight excluding hydrogens is 218 g/mol. The first-order valence-corrected chi connectivity index (χ1v) is 6.98. The van der Waals surface area contributed by atoms with E-state index in [4.69, 9.17) is 0 Å². The second kappa shape index (κ2) is 9.52. The molecule has 100 valence electrons. The standard InChI is InChI=1S/C13H15N.2C2H6/c1-3-6-12-10(2)9-11-7-4-5-8-13(11)14-12;2*1-2/h3-8,14H,9H2,1-2H3;2*1-2H3/b6-3-;;. The van der Waals surface area contributed by atoms with Crippen LogP contribution < -0.4 is 5.32 Å². The summed E-state index contributed by atoms with van der Waals surface area (Å²) >= 11 is 0. The third-order valence-electron chi connectivity index (χ3n) is 2.54. The Morgan fingerprint density at radius 2 is 1.67 bits per heavy atom. The van der Waals surface area contributed by atoms with E-state index in [0.717, 1.165) is 6.42 Å². The largest absolute Gasteiger partial charge is 0.355 e. The minimum atomic E-state index is 1.06. The molecule has 1 N–H and O–H groups in total. The first kappa shape index (κ1) is 16.5. The molecule has 0 fully saturated rings. The van der Waals surface area contributed by atoms with Gasteiger partial charge in [-0.1, -0.05) is 52.0 Å². The molecule has 0 saturated carbocycles. The van der Waals surface area contributed by atoms with Gasteiger partial charge >= 0.3 is 0 Å². The Hall–Kier alpha value is -1.50. The predicted molar refractivity (Wildman–Crippen MR) is 84.0 cm³/mol. The van der Waals surface area contributed by atoms with Crippen molar-refractivity contribution >= 4 is 5.69 Å². The molecule has 1 aromatic carbocycles. The molecule has 0 atom stereocenters. The van der Waals surface area contributed by atoms with Crippen molar-refractivity contribution in [1.82, 2.24) is 0 Å². The Morgan fingerprint density at radius 1 is 1.06 bits per heavy atom. The molecule has 1 heteroatoms. The molecule has 1 nitrogen and oxygen atoms in total. The molecule has 1 aliphatic heterocycles. The van der Waals surface area contributed by atoms with E-state index in [1.54, 1.807) is 0 Å². The number of hydrogen-bond acceptors (Lipinski definition) is 1. The lowest BCUT2D eigenvalue weighted by atomic mass is 9.98. The highest BCUT2D eigenvalue weighted by Crippen LogP contribution is 2.27. The molecule has 2 rings (SSSR count). The molecule has 18 heavy (non-hydrogen) atoms. The lowest BCUT2D eigenvalue weighted by Gasteiger charge is -2.21. The van der Waals surface area contributed by atoms with Gasteiger partial charge in [0.2, 0.25) is 0 Å². The smallest absolute Gasteiger partial charge is 0.0420 e. The van der Waals surface area contributed by atoms with Crippen LogP contribution in [0.5, 0.6) is 0 Å². The highest BCUT2D eigenvalue weighted by atomic mass is 14.9. The summed E-state index contributed by atoms with van der Waals surface area (Å²) in [6.07, 6.45) is 5.26. The molecule has 0 spiro atoms. The summed E-state index contributed by atoms with van der Waals surface area (Å²) < 4.78 is 0. The van der Waals surface area contributed by atoms with Gasteiger partial charge in [0.1, 0.15) is 0 Å². The zero-order valence-electron chi connectivity index (χ0n) is 12.7. The normalized spacial score (nSPS) is 12.8. The summed E-state index contributed by atoms with van der Waals surface area (Å²) in [7, 11) is 0. The summed E-state index contributed by atoms with van der Waals surface area (Å²) in [6.45, 7) is 12.2. The van der Waals surface area contributed by atoms with Crippen molar-refractivity contribution in [3.63, 3.8) is 0 Å². The van der Waals surface area contributed by atoms with Crippen LogP contribution in [-0.4, -0.2) is 0 Å². The van der Waals surface area contributed by atoms with Crippen LogP contribution in [0, 0.1) is 0 Å². The zero-order valence-corrected chi connectivity index (χ0v) is 12.7. The maximum atomic E-state index is 3.44. The molecule has 0 aromatic heterocycles. The Balaban J connectivity index is 0.000000659. The fourth-order valence-electron chi connectivity index (χ4n) is 1.78. The minimum absolute atomic E-state index is 1.06. The van der Waals surface area contributed by atoms with Crippen LogP contribution in [-0.2, 0) is 6.42 Å². The van der Waals surface area contributed by atoms with Crippen molar-refractivity contribution in [1.29, 1.82) is 0 Å². The van der Waals surface area contributed by atoms with Crippen LogP contribution in [0.4, 0.5) is 5.69 Å². The molecule has 0 amide bonds. The summed E-state index contributed by atoms with van der Waals surface area (Å²) in [5, 5.41) is 3.44. The van der Waals surface area contributed by atoms with Crippen molar-refractivity contribution < 1.29 is 0 Å². The van der Waals surface area contributed by atoms with E-state index in [9.17, 15) is 0 Å². The lowest BCUT2D eigenvalue weighted by Crippen LogP contribution is -2.09. The van der Waals surface area contributed by atoms with E-state index in [2.05, 4.69) is 48.7 Å². The topological polar surface area (TPSA) is 12.0 Å². The second-order valence-corrected chi connectivity index (χ2v) is 3.65. The summed E-state index contributed by atoms with van der Waals surface area (Å²) in [4.78, 5) is 0. The SMILES string of the molecule is C/C=C\C1=C(C)Cc2ccccc2N1.CC.CC. The van der Waals surface area contributed by atoms with Gasteiger partial charge < -0.3 is 5.32 Å². The number of nitrogens with one attached hydrogen (secondary N) is 1. The number of rotatable bonds is 1. The molecule has 1 heterocycles. The maximum absolute atomic E-state index is 3.44. The number of fused-ring (bicyclic) bond motifs is 1. The number of hydrogen-bond donors (Lipinski definition) is 1. The first-order valence-electron chi connectivity index (χ1n) is 6.98. The van der Waals surface area contributed by atoms with Crippen molar-refractivity contribution in [3.05, 3.63) is 53.3 Å². The highest BCUT2D eigenvalue weighted by Gasteiger charge is 2.11. The van der Waals surface area contributed by atoms with Gasteiger partial charge in [0.15, 0.2) is 0 Å². The Morgan fingerprint density at radius 3 is 2.28 bits per heavy atom. The minimum Gasteiger partial charge on any atom is -0.355 e. The van der Waals surface area contributed by atoms with E-state index in [-0.39, 0.29) is 0 Å². The molecule has 0 bridgehead atoms. The fourth-order valence-corrected chi connectivity index (χ4v) is 1.78. The van der Waals surface area contributed by atoms with Crippen LogP contribution in [0.1, 0.15) is 47.1 Å². The molecule has 0 saturated heterocycles. The second-order valence-electron chi connectivity index (χ2n) is 3.65. The van der Waals surface area contributed by atoms with Crippen LogP contribution in [0.2, 0.25) is 0 Å². The van der Waals surface area contributed by atoms with Crippen molar-refractivity contribution in [3.8, 4) is 0 Å². The molecule has 1 aliphatic rings. The number of allylic oxidation sites excluding steroid dienone is 3. The molecule has 1 aromatic rings. The lowest BCUT2D eigenvalue weighted by molar-refractivity contribution is 1.08. The van der Waals surface area contributed by atoms with Gasteiger partial charge in [-0.2, -0.15) is 0 Å². The van der Waals surface area contributed by atoms with Crippen LogP contribution in [0.25, 0.3) is 0 Å². The summed E-state index contributed by atoms with van der Waals surface area (Å²) in [5.41, 5.74) is 5.28. The average molecular weight is 245 g/mol. The van der Waals surface area contributed by atoms with Gasteiger partial charge in [0.05, 0.1) is 0 Å². The van der Waals surface area contributed by atoms with Crippen molar-refractivity contribution in [2.24, 2.45) is 0 Å². The molecule has 0 unspecified atom stereocenters. The van der Waals surface area contributed by atoms with Gasteiger partial charge in [-0.25, -0.2) is 0 Å². The van der Waals surface area contributed by atoms with Crippen LogP contribution >= 0.6 is 0 Å².